The molecule has 0 aromatic carbocycles. The van der Waals surface area contributed by atoms with Crippen molar-refractivity contribution in [1.82, 2.24) is 0 Å². The van der Waals surface area contributed by atoms with Gasteiger partial charge in [0, 0.05) is 4.88 Å². The first kappa shape index (κ1) is 10.5. The lowest BCUT2D eigenvalue weighted by Gasteiger charge is -2.21. The van der Waals surface area contributed by atoms with Gasteiger partial charge in [0.25, 0.3) is 0 Å². The van der Waals surface area contributed by atoms with Crippen molar-refractivity contribution in [3.8, 4) is 5.06 Å². The van der Waals surface area contributed by atoms with Gasteiger partial charge < -0.3 is 10.5 Å². The van der Waals surface area contributed by atoms with E-state index in [9.17, 15) is 4.39 Å². The first-order valence-electron chi connectivity index (χ1n) is 4.03. The van der Waals surface area contributed by atoms with Gasteiger partial charge >= 0.3 is 0 Å². The fraction of sp³-hybridized carbons (Fsp3) is 0.556. The van der Waals surface area contributed by atoms with Gasteiger partial charge in [-0.05, 0) is 26.0 Å². The zero-order valence-corrected chi connectivity index (χ0v) is 8.82. The summed E-state index contributed by atoms with van der Waals surface area (Å²) in [5, 5.41) is 0.759. The van der Waals surface area contributed by atoms with Crippen molar-refractivity contribution in [2.75, 3.05) is 7.11 Å². The van der Waals surface area contributed by atoms with E-state index in [-0.39, 0.29) is 0 Å². The Morgan fingerprint density at radius 2 is 2.15 bits per heavy atom. The molecule has 2 nitrogen and oxygen atoms in total. The molecule has 1 heterocycles. The minimum atomic E-state index is -1.39. The highest BCUT2D eigenvalue weighted by atomic mass is 32.1. The van der Waals surface area contributed by atoms with Gasteiger partial charge in [-0.1, -0.05) is 0 Å². The Morgan fingerprint density at radius 1 is 1.54 bits per heavy atom. The van der Waals surface area contributed by atoms with Crippen molar-refractivity contribution in [1.29, 1.82) is 0 Å². The molecule has 0 bridgehead atoms. The summed E-state index contributed by atoms with van der Waals surface area (Å²) in [5.41, 5.74) is 4.33. The van der Waals surface area contributed by atoms with E-state index in [0.29, 0.717) is 0 Å². The monoisotopic (exact) mass is 203 g/mol. The molecular formula is C9H14FNOS. The molecular weight excluding hydrogens is 189 g/mol. The Hall–Kier alpha value is -0.610. The van der Waals surface area contributed by atoms with Gasteiger partial charge in [0.2, 0.25) is 0 Å². The summed E-state index contributed by atoms with van der Waals surface area (Å²) >= 11 is 1.38. The summed E-state index contributed by atoms with van der Waals surface area (Å²) in [4.78, 5) is 0.810. The summed E-state index contributed by atoms with van der Waals surface area (Å²) in [6, 6.07) is 3.02. The zero-order valence-electron chi connectivity index (χ0n) is 8.00. The summed E-state index contributed by atoms with van der Waals surface area (Å²) in [6.07, 6.45) is 0. The third-order valence-electron chi connectivity index (χ3n) is 1.85. The number of rotatable bonds is 3. The smallest absolute Gasteiger partial charge is 0.173 e. The molecule has 0 amide bonds. The van der Waals surface area contributed by atoms with Gasteiger partial charge in [-0.25, -0.2) is 4.39 Å². The van der Waals surface area contributed by atoms with E-state index in [1.807, 2.05) is 0 Å². The van der Waals surface area contributed by atoms with Gasteiger partial charge in [-0.15, -0.1) is 11.3 Å². The van der Waals surface area contributed by atoms with E-state index >= 15 is 0 Å². The summed E-state index contributed by atoms with van der Waals surface area (Å²) < 4.78 is 18.4. The second-order valence-electron chi connectivity index (χ2n) is 3.40. The molecule has 13 heavy (non-hydrogen) atoms. The largest absolute Gasteiger partial charge is 0.487 e. The van der Waals surface area contributed by atoms with Crippen molar-refractivity contribution >= 4 is 11.3 Å². The van der Waals surface area contributed by atoms with Crippen molar-refractivity contribution in [3.05, 3.63) is 17.0 Å². The lowest BCUT2D eigenvalue weighted by Crippen LogP contribution is -2.30. The topological polar surface area (TPSA) is 35.2 Å². The third kappa shape index (κ3) is 2.42. The van der Waals surface area contributed by atoms with Crippen LogP contribution in [0.2, 0.25) is 0 Å². The molecule has 74 valence electrons. The van der Waals surface area contributed by atoms with Crippen LogP contribution in [-0.2, 0) is 0 Å². The molecule has 1 rings (SSSR count). The van der Waals surface area contributed by atoms with E-state index < -0.39 is 11.7 Å². The fourth-order valence-electron chi connectivity index (χ4n) is 0.950. The lowest BCUT2D eigenvalue weighted by atomic mass is 10.0. The van der Waals surface area contributed by atoms with Crippen LogP contribution in [0, 0.1) is 0 Å². The maximum Gasteiger partial charge on any atom is 0.173 e. The highest BCUT2D eigenvalue weighted by Gasteiger charge is 2.28. The predicted molar refractivity (Wildman–Crippen MR) is 53.0 cm³/mol. The number of hydrogen-bond donors (Lipinski definition) is 1. The van der Waals surface area contributed by atoms with Crippen molar-refractivity contribution in [2.45, 2.75) is 25.6 Å². The highest BCUT2D eigenvalue weighted by Crippen LogP contribution is 2.34. The summed E-state index contributed by atoms with van der Waals surface area (Å²) in [6.45, 7) is 2.95. The van der Waals surface area contributed by atoms with Crippen LogP contribution < -0.4 is 10.5 Å². The molecule has 0 radical (unpaired) electrons. The second kappa shape index (κ2) is 3.64. The maximum absolute atomic E-state index is 13.4. The first-order valence-corrected chi connectivity index (χ1v) is 4.85. The summed E-state index contributed by atoms with van der Waals surface area (Å²) in [7, 11) is 1.59. The van der Waals surface area contributed by atoms with Gasteiger partial charge in [0.05, 0.1) is 13.2 Å². The van der Waals surface area contributed by atoms with E-state index in [0.717, 1.165) is 9.94 Å². The average Bonchev–Trinajstić information content (AvgIpc) is 2.48. The van der Waals surface area contributed by atoms with Gasteiger partial charge in [-0.3, -0.25) is 0 Å². The zero-order chi connectivity index (χ0) is 10.1. The van der Waals surface area contributed by atoms with Crippen LogP contribution in [0.5, 0.6) is 5.06 Å². The van der Waals surface area contributed by atoms with Crippen molar-refractivity contribution in [2.24, 2.45) is 5.73 Å². The van der Waals surface area contributed by atoms with E-state index in [1.165, 1.54) is 25.2 Å². The Balaban J connectivity index is 2.83. The molecule has 0 aliphatic carbocycles. The van der Waals surface area contributed by atoms with E-state index in [4.69, 9.17) is 10.5 Å². The molecule has 2 N–H and O–H groups in total. The molecule has 0 spiro atoms. The molecule has 0 saturated carbocycles. The Morgan fingerprint density at radius 3 is 2.54 bits per heavy atom. The number of hydrogen-bond acceptors (Lipinski definition) is 3. The third-order valence-corrected chi connectivity index (χ3v) is 2.98. The highest BCUT2D eigenvalue weighted by molar-refractivity contribution is 7.13. The molecule has 1 aromatic rings. The SMILES string of the molecule is COc1ccc(C(N)C(C)(C)F)s1. The normalized spacial score (nSPS) is 14.2. The lowest BCUT2D eigenvalue weighted by molar-refractivity contribution is 0.176. The number of alkyl halides is 1. The molecule has 1 aromatic heterocycles. The molecule has 0 fully saturated rings. The molecule has 0 aliphatic heterocycles. The van der Waals surface area contributed by atoms with Crippen LogP contribution in [0.1, 0.15) is 24.8 Å². The second-order valence-corrected chi connectivity index (χ2v) is 4.48. The number of ether oxygens (including phenoxy) is 1. The Kier molecular flexibility index (Phi) is 2.93. The first-order chi connectivity index (χ1) is 5.95. The standard InChI is InChI=1S/C9H14FNOS/c1-9(2,10)8(11)6-4-5-7(12-3)13-6/h4-5,8H,11H2,1-3H3. The maximum atomic E-state index is 13.4. The average molecular weight is 203 g/mol. The molecule has 0 saturated heterocycles. The minimum absolute atomic E-state index is 0.582. The van der Waals surface area contributed by atoms with Gasteiger partial charge in [0.15, 0.2) is 5.06 Å². The van der Waals surface area contributed by atoms with Crippen molar-refractivity contribution < 1.29 is 9.13 Å². The summed E-state index contributed by atoms with van der Waals surface area (Å²) in [5.74, 6) is 0. The Labute approximate surface area is 81.5 Å². The molecule has 4 heteroatoms. The van der Waals surface area contributed by atoms with E-state index in [1.54, 1.807) is 19.2 Å². The minimum Gasteiger partial charge on any atom is -0.487 e. The molecule has 1 unspecified atom stereocenters. The quantitative estimate of drug-likeness (QED) is 0.819. The van der Waals surface area contributed by atoms with Gasteiger partial charge in [-0.2, -0.15) is 0 Å². The number of methoxy groups -OCH3 is 1. The number of thiophene rings is 1. The Bertz CT molecular complexity index is 279. The molecule has 1 atom stereocenters. The molecule has 0 aliphatic rings. The van der Waals surface area contributed by atoms with Crippen LogP contribution >= 0.6 is 11.3 Å². The number of halogens is 1. The van der Waals surface area contributed by atoms with Crippen molar-refractivity contribution in [3.63, 3.8) is 0 Å². The van der Waals surface area contributed by atoms with Crippen LogP contribution in [0.25, 0.3) is 0 Å². The fourth-order valence-corrected chi connectivity index (χ4v) is 1.94. The van der Waals surface area contributed by atoms with E-state index in [2.05, 4.69) is 0 Å². The van der Waals surface area contributed by atoms with Crippen LogP contribution in [0.4, 0.5) is 4.39 Å². The van der Waals surface area contributed by atoms with Crippen LogP contribution in [-0.4, -0.2) is 12.8 Å². The van der Waals surface area contributed by atoms with Gasteiger partial charge in [0.1, 0.15) is 5.67 Å². The predicted octanol–water partition coefficient (Wildman–Crippen LogP) is 2.50. The van der Waals surface area contributed by atoms with Crippen LogP contribution in [0.3, 0.4) is 0 Å². The number of nitrogens with two attached hydrogens (primary N) is 1. The van der Waals surface area contributed by atoms with Crippen LogP contribution in [0.15, 0.2) is 12.1 Å².